The molecule has 0 saturated heterocycles. The molecule has 0 aliphatic rings. The van der Waals surface area contributed by atoms with Crippen LogP contribution < -0.4 is 20.5 Å². The number of carbonyl (C=O) groups excluding carboxylic acids is 1. The van der Waals surface area contributed by atoms with Crippen LogP contribution in [0.2, 0.25) is 0 Å². The zero-order chi connectivity index (χ0) is 17.7. The molecule has 0 aliphatic carbocycles. The number of carbonyl (C=O) groups is 1. The van der Waals surface area contributed by atoms with Gasteiger partial charge in [-0.15, -0.1) is 0 Å². The molecule has 2 rings (SSSR count). The van der Waals surface area contributed by atoms with Gasteiger partial charge in [-0.05, 0) is 36.8 Å². The van der Waals surface area contributed by atoms with E-state index in [0.29, 0.717) is 22.7 Å². The molecule has 2 aromatic rings. The highest BCUT2D eigenvalue weighted by atomic mass is 19.2. The van der Waals surface area contributed by atoms with Gasteiger partial charge in [0.05, 0.1) is 7.11 Å². The van der Waals surface area contributed by atoms with Gasteiger partial charge in [0.15, 0.2) is 29.7 Å². The summed E-state index contributed by atoms with van der Waals surface area (Å²) < 4.78 is 36.8. The molecule has 24 heavy (non-hydrogen) atoms. The minimum Gasteiger partial charge on any atom is -0.493 e. The van der Waals surface area contributed by atoms with Crippen molar-refractivity contribution in [2.45, 2.75) is 13.0 Å². The molecule has 0 heterocycles. The largest absolute Gasteiger partial charge is 0.493 e. The Balaban J connectivity index is 2.17. The summed E-state index contributed by atoms with van der Waals surface area (Å²) in [6, 6.07) is 8.49. The summed E-state index contributed by atoms with van der Waals surface area (Å²) in [4.78, 5) is 10.9. The molecule has 0 radical (unpaired) electrons. The summed E-state index contributed by atoms with van der Waals surface area (Å²) in [6.45, 7) is 1.53. The van der Waals surface area contributed by atoms with E-state index < -0.39 is 17.5 Å². The first-order valence-corrected chi connectivity index (χ1v) is 7.21. The summed E-state index contributed by atoms with van der Waals surface area (Å²) in [7, 11) is 1.48. The van der Waals surface area contributed by atoms with Crippen LogP contribution in [-0.4, -0.2) is 19.6 Å². The number of benzene rings is 2. The lowest BCUT2D eigenvalue weighted by molar-refractivity contribution is -0.119. The van der Waals surface area contributed by atoms with Gasteiger partial charge in [0.25, 0.3) is 5.91 Å². The minimum atomic E-state index is -0.902. The Labute approximate surface area is 138 Å². The van der Waals surface area contributed by atoms with Gasteiger partial charge in [-0.1, -0.05) is 6.07 Å². The molecule has 0 unspecified atom stereocenters. The van der Waals surface area contributed by atoms with Crippen LogP contribution in [0.25, 0.3) is 0 Å². The Morgan fingerprint density at radius 1 is 1.17 bits per heavy atom. The lowest BCUT2D eigenvalue weighted by Gasteiger charge is -2.18. The Hall–Kier alpha value is -2.83. The maximum absolute atomic E-state index is 13.3. The van der Waals surface area contributed by atoms with Crippen LogP contribution in [0.4, 0.5) is 14.5 Å². The van der Waals surface area contributed by atoms with E-state index in [1.54, 1.807) is 25.1 Å². The van der Waals surface area contributed by atoms with Crippen LogP contribution in [0.1, 0.15) is 18.5 Å². The smallest absolute Gasteiger partial charge is 0.255 e. The first kappa shape index (κ1) is 17.5. The maximum Gasteiger partial charge on any atom is 0.255 e. The second-order valence-corrected chi connectivity index (χ2v) is 5.16. The summed E-state index contributed by atoms with van der Waals surface area (Å²) in [5, 5.41) is 3.14. The molecule has 2 aromatic carbocycles. The molecule has 1 amide bonds. The van der Waals surface area contributed by atoms with Crippen molar-refractivity contribution < 1.29 is 23.0 Å². The van der Waals surface area contributed by atoms with Crippen molar-refractivity contribution in [2.75, 3.05) is 19.0 Å². The maximum atomic E-state index is 13.3. The number of anilines is 1. The summed E-state index contributed by atoms with van der Waals surface area (Å²) in [5.41, 5.74) is 6.31. The van der Waals surface area contributed by atoms with Crippen molar-refractivity contribution in [2.24, 2.45) is 5.73 Å². The second kappa shape index (κ2) is 7.63. The van der Waals surface area contributed by atoms with Crippen LogP contribution in [0.5, 0.6) is 11.5 Å². The molecular weight excluding hydrogens is 318 g/mol. The molecular formula is C17H18F2N2O3. The highest BCUT2D eigenvalue weighted by molar-refractivity contribution is 5.75. The van der Waals surface area contributed by atoms with Crippen LogP contribution >= 0.6 is 0 Å². The van der Waals surface area contributed by atoms with Crippen LogP contribution in [0.3, 0.4) is 0 Å². The molecule has 0 bridgehead atoms. The van der Waals surface area contributed by atoms with Crippen molar-refractivity contribution in [3.63, 3.8) is 0 Å². The van der Waals surface area contributed by atoms with Gasteiger partial charge < -0.3 is 20.5 Å². The number of hydrogen-bond donors (Lipinski definition) is 2. The van der Waals surface area contributed by atoms with Crippen molar-refractivity contribution in [3.8, 4) is 11.5 Å². The topological polar surface area (TPSA) is 73.6 Å². The Morgan fingerprint density at radius 3 is 2.54 bits per heavy atom. The van der Waals surface area contributed by atoms with Crippen LogP contribution in [-0.2, 0) is 4.79 Å². The Morgan fingerprint density at radius 2 is 1.92 bits per heavy atom. The fraction of sp³-hybridized carbons (Fsp3) is 0.235. The van der Waals surface area contributed by atoms with E-state index in [1.165, 1.54) is 13.2 Å². The normalized spacial score (nSPS) is 11.7. The van der Waals surface area contributed by atoms with Gasteiger partial charge >= 0.3 is 0 Å². The number of halogens is 2. The number of ether oxygens (including phenoxy) is 2. The van der Waals surface area contributed by atoms with Crippen molar-refractivity contribution in [1.29, 1.82) is 0 Å². The second-order valence-electron chi connectivity index (χ2n) is 5.16. The molecule has 7 heteroatoms. The molecule has 0 aliphatic heterocycles. The predicted molar refractivity (Wildman–Crippen MR) is 86.1 cm³/mol. The highest BCUT2D eigenvalue weighted by Crippen LogP contribution is 2.31. The van der Waals surface area contributed by atoms with Crippen molar-refractivity contribution in [1.82, 2.24) is 0 Å². The number of methoxy groups -OCH3 is 1. The van der Waals surface area contributed by atoms with Gasteiger partial charge in [0, 0.05) is 17.8 Å². The molecule has 1 atom stereocenters. The third kappa shape index (κ3) is 4.34. The van der Waals surface area contributed by atoms with Crippen LogP contribution in [0.15, 0.2) is 36.4 Å². The van der Waals surface area contributed by atoms with E-state index >= 15 is 0 Å². The quantitative estimate of drug-likeness (QED) is 0.815. The SMILES string of the molecule is COc1ccc(N[C@H](C)c2ccc(F)c(F)c2)cc1OCC(N)=O. The molecule has 3 N–H and O–H groups in total. The fourth-order valence-corrected chi connectivity index (χ4v) is 2.14. The lowest BCUT2D eigenvalue weighted by Crippen LogP contribution is -2.20. The van der Waals surface area contributed by atoms with E-state index in [2.05, 4.69) is 5.32 Å². The zero-order valence-corrected chi connectivity index (χ0v) is 13.3. The monoisotopic (exact) mass is 336 g/mol. The van der Waals surface area contributed by atoms with E-state index in [4.69, 9.17) is 15.2 Å². The predicted octanol–water partition coefficient (Wildman–Crippen LogP) is 3.01. The van der Waals surface area contributed by atoms with Gasteiger partial charge in [-0.2, -0.15) is 0 Å². The number of hydrogen-bond acceptors (Lipinski definition) is 4. The third-order valence-electron chi connectivity index (χ3n) is 3.36. The molecule has 0 spiro atoms. The third-order valence-corrected chi connectivity index (χ3v) is 3.36. The van der Waals surface area contributed by atoms with Crippen molar-refractivity contribution in [3.05, 3.63) is 53.6 Å². The number of amides is 1. The summed E-state index contributed by atoms with van der Waals surface area (Å²) in [6.07, 6.45) is 0. The molecule has 128 valence electrons. The number of nitrogens with two attached hydrogens (primary N) is 1. The first-order valence-electron chi connectivity index (χ1n) is 7.21. The van der Waals surface area contributed by atoms with Gasteiger partial charge in [0.2, 0.25) is 0 Å². The highest BCUT2D eigenvalue weighted by Gasteiger charge is 2.12. The number of primary amides is 1. The molecule has 0 aromatic heterocycles. The fourth-order valence-electron chi connectivity index (χ4n) is 2.14. The van der Waals surface area contributed by atoms with Crippen LogP contribution in [0, 0.1) is 11.6 Å². The van der Waals surface area contributed by atoms with E-state index in [0.717, 1.165) is 12.1 Å². The zero-order valence-electron chi connectivity index (χ0n) is 13.3. The summed E-state index contributed by atoms with van der Waals surface area (Å²) in [5.74, 6) is -1.61. The number of rotatable bonds is 7. The minimum absolute atomic E-state index is 0.279. The van der Waals surface area contributed by atoms with Gasteiger partial charge in [0.1, 0.15) is 0 Å². The average Bonchev–Trinajstić information content (AvgIpc) is 2.55. The molecule has 0 fully saturated rings. The lowest BCUT2D eigenvalue weighted by atomic mass is 10.1. The van der Waals surface area contributed by atoms with E-state index in [9.17, 15) is 13.6 Å². The number of nitrogens with one attached hydrogen (secondary N) is 1. The standard InChI is InChI=1S/C17H18F2N2O3/c1-10(11-3-5-13(18)14(19)7-11)21-12-4-6-15(23-2)16(8-12)24-9-17(20)22/h3-8,10,21H,9H2,1-2H3,(H2,20,22)/t10-/m1/s1. The Kier molecular flexibility index (Phi) is 5.57. The van der Waals surface area contributed by atoms with E-state index in [1.807, 2.05) is 0 Å². The Bertz CT molecular complexity index is 738. The first-order chi connectivity index (χ1) is 11.4. The van der Waals surface area contributed by atoms with Gasteiger partial charge in [-0.25, -0.2) is 8.78 Å². The van der Waals surface area contributed by atoms with E-state index in [-0.39, 0.29) is 12.6 Å². The average molecular weight is 336 g/mol. The molecule has 5 nitrogen and oxygen atoms in total. The van der Waals surface area contributed by atoms with Gasteiger partial charge in [-0.3, -0.25) is 4.79 Å². The summed E-state index contributed by atoms with van der Waals surface area (Å²) >= 11 is 0. The van der Waals surface area contributed by atoms with Crippen molar-refractivity contribution >= 4 is 11.6 Å². The molecule has 0 saturated carbocycles.